The summed E-state index contributed by atoms with van der Waals surface area (Å²) in [6.07, 6.45) is 2.32. The van der Waals surface area contributed by atoms with Crippen LogP contribution in [0.25, 0.3) is 10.9 Å². The average molecular weight is 445 g/mol. The lowest BCUT2D eigenvalue weighted by Gasteiger charge is -2.36. The Kier molecular flexibility index (Phi) is 6.99. The first kappa shape index (κ1) is 23.2. The highest BCUT2D eigenvalue weighted by molar-refractivity contribution is 5.92. The minimum Gasteiger partial charge on any atom is -0.370 e. The van der Waals surface area contributed by atoms with Crippen molar-refractivity contribution in [2.75, 3.05) is 37.6 Å². The molecule has 1 aromatic heterocycles. The number of rotatable bonds is 8. The third kappa shape index (κ3) is 6.11. The van der Waals surface area contributed by atoms with Crippen molar-refractivity contribution in [2.45, 2.75) is 40.0 Å². The Labute approximate surface area is 197 Å². The minimum absolute atomic E-state index is 0.114. The van der Waals surface area contributed by atoms with Crippen molar-refractivity contribution in [1.82, 2.24) is 9.88 Å². The van der Waals surface area contributed by atoms with Gasteiger partial charge in [0.25, 0.3) is 0 Å². The number of fused-ring (bicyclic) bond motifs is 1. The van der Waals surface area contributed by atoms with E-state index in [9.17, 15) is 4.79 Å². The molecule has 1 aliphatic rings. The number of primary amides is 1. The molecule has 0 atom stereocenters. The molecule has 0 saturated carbocycles. The summed E-state index contributed by atoms with van der Waals surface area (Å²) in [4.78, 5) is 21.1. The van der Waals surface area contributed by atoms with E-state index in [2.05, 4.69) is 78.2 Å². The van der Waals surface area contributed by atoms with E-state index >= 15 is 0 Å². The number of amides is 1. The fraction of sp³-hybridized carbons (Fsp3) is 0.429. The van der Waals surface area contributed by atoms with Gasteiger partial charge in [-0.1, -0.05) is 44.2 Å². The second-order valence-electron chi connectivity index (χ2n) is 10.2. The quantitative estimate of drug-likeness (QED) is 0.561. The molecule has 33 heavy (non-hydrogen) atoms. The van der Waals surface area contributed by atoms with Crippen molar-refractivity contribution in [1.29, 1.82) is 0 Å². The van der Waals surface area contributed by atoms with E-state index in [-0.39, 0.29) is 11.3 Å². The zero-order valence-electron chi connectivity index (χ0n) is 20.2. The van der Waals surface area contributed by atoms with Crippen LogP contribution >= 0.6 is 0 Å². The van der Waals surface area contributed by atoms with E-state index < -0.39 is 0 Å². The summed E-state index contributed by atoms with van der Waals surface area (Å²) in [5, 5.41) is 1.24. The maximum absolute atomic E-state index is 11.4. The molecule has 0 aliphatic carbocycles. The summed E-state index contributed by atoms with van der Waals surface area (Å²) in [5.74, 6) is -0.231. The Morgan fingerprint density at radius 2 is 1.73 bits per heavy atom. The molecule has 1 fully saturated rings. The van der Waals surface area contributed by atoms with E-state index in [1.807, 2.05) is 6.92 Å². The zero-order valence-corrected chi connectivity index (χ0v) is 20.2. The maximum atomic E-state index is 11.4. The molecule has 5 heteroatoms. The second-order valence-corrected chi connectivity index (χ2v) is 10.2. The standard InChI is InChI=1S/C28H36N4O/c1-21-10-11-24-25(30-21)8-5-9-26(24)32-16-14-31(15-17-32)13-12-22-6-4-7-23(18-22)19-28(2,3)20-27(29)33/h4-11,18H,12-17,19-20H2,1-3H3,(H2,29,33). The van der Waals surface area contributed by atoms with Gasteiger partial charge in [0.1, 0.15) is 0 Å². The molecule has 2 N–H and O–H groups in total. The van der Waals surface area contributed by atoms with Crippen LogP contribution in [0.15, 0.2) is 54.6 Å². The number of nitrogens with zero attached hydrogens (tertiary/aromatic N) is 3. The average Bonchev–Trinajstić information content (AvgIpc) is 2.76. The lowest BCUT2D eigenvalue weighted by Crippen LogP contribution is -2.47. The fourth-order valence-electron chi connectivity index (χ4n) is 5.00. The number of pyridine rings is 1. The number of piperazine rings is 1. The van der Waals surface area contributed by atoms with Gasteiger partial charge in [0.15, 0.2) is 0 Å². The van der Waals surface area contributed by atoms with Crippen molar-refractivity contribution in [2.24, 2.45) is 11.1 Å². The summed E-state index contributed by atoms with van der Waals surface area (Å²) < 4.78 is 0. The van der Waals surface area contributed by atoms with Crippen LogP contribution in [0.4, 0.5) is 5.69 Å². The zero-order chi connectivity index (χ0) is 23.4. The maximum Gasteiger partial charge on any atom is 0.217 e. The Morgan fingerprint density at radius 1 is 1.00 bits per heavy atom. The number of nitrogens with two attached hydrogens (primary N) is 1. The first-order chi connectivity index (χ1) is 15.8. The van der Waals surface area contributed by atoms with Gasteiger partial charge in [-0.15, -0.1) is 0 Å². The molecule has 2 heterocycles. The molecule has 174 valence electrons. The third-order valence-corrected chi connectivity index (χ3v) is 6.60. The van der Waals surface area contributed by atoms with Gasteiger partial charge in [0, 0.05) is 55.9 Å². The Morgan fingerprint density at radius 3 is 2.48 bits per heavy atom. The topological polar surface area (TPSA) is 62.5 Å². The summed E-state index contributed by atoms with van der Waals surface area (Å²) in [6.45, 7) is 11.5. The van der Waals surface area contributed by atoms with E-state index in [1.54, 1.807) is 0 Å². The monoisotopic (exact) mass is 444 g/mol. The molecule has 0 spiro atoms. The number of carbonyl (C=O) groups excluding carboxylic acids is 1. The highest BCUT2D eigenvalue weighted by Gasteiger charge is 2.22. The molecular weight excluding hydrogens is 408 g/mol. The fourth-order valence-corrected chi connectivity index (χ4v) is 5.00. The van der Waals surface area contributed by atoms with Crippen molar-refractivity contribution in [3.05, 3.63) is 71.4 Å². The molecule has 2 aromatic carbocycles. The van der Waals surface area contributed by atoms with Gasteiger partial charge in [-0.05, 0) is 60.6 Å². The van der Waals surface area contributed by atoms with Gasteiger partial charge in [0.2, 0.25) is 5.91 Å². The first-order valence-corrected chi connectivity index (χ1v) is 12.0. The van der Waals surface area contributed by atoms with Crippen molar-refractivity contribution in [3.63, 3.8) is 0 Å². The van der Waals surface area contributed by atoms with E-state index in [1.165, 1.54) is 22.2 Å². The van der Waals surface area contributed by atoms with Crippen LogP contribution in [0.3, 0.4) is 0 Å². The van der Waals surface area contributed by atoms with Crippen molar-refractivity contribution in [3.8, 4) is 0 Å². The summed E-state index contributed by atoms with van der Waals surface area (Å²) in [5.41, 5.74) is 11.4. The first-order valence-electron chi connectivity index (χ1n) is 12.0. The number of anilines is 1. The Bertz CT molecular complexity index is 1120. The predicted molar refractivity (Wildman–Crippen MR) is 137 cm³/mol. The minimum atomic E-state index is -0.231. The normalized spacial score (nSPS) is 15.2. The van der Waals surface area contributed by atoms with E-state index in [0.717, 1.165) is 56.8 Å². The number of aromatic nitrogens is 1. The van der Waals surface area contributed by atoms with Gasteiger partial charge in [-0.2, -0.15) is 0 Å². The van der Waals surface area contributed by atoms with Gasteiger partial charge in [0.05, 0.1) is 5.52 Å². The van der Waals surface area contributed by atoms with Gasteiger partial charge >= 0.3 is 0 Å². The van der Waals surface area contributed by atoms with E-state index in [4.69, 9.17) is 10.7 Å². The molecule has 1 aliphatic heterocycles. The molecule has 0 radical (unpaired) electrons. The highest BCUT2D eigenvalue weighted by atomic mass is 16.1. The lowest BCUT2D eigenvalue weighted by atomic mass is 9.82. The molecule has 5 nitrogen and oxygen atoms in total. The largest absolute Gasteiger partial charge is 0.370 e. The van der Waals surface area contributed by atoms with Gasteiger partial charge < -0.3 is 10.6 Å². The summed E-state index contributed by atoms with van der Waals surface area (Å²) in [6, 6.07) is 19.6. The Hall–Kier alpha value is -2.92. The highest BCUT2D eigenvalue weighted by Crippen LogP contribution is 2.28. The van der Waals surface area contributed by atoms with Crippen LogP contribution < -0.4 is 10.6 Å². The molecule has 4 rings (SSSR count). The van der Waals surface area contributed by atoms with Crippen LogP contribution in [-0.4, -0.2) is 48.5 Å². The molecular formula is C28H36N4O. The number of benzene rings is 2. The number of hydrogen-bond acceptors (Lipinski definition) is 4. The third-order valence-electron chi connectivity index (χ3n) is 6.60. The van der Waals surface area contributed by atoms with Gasteiger partial charge in [-0.25, -0.2) is 0 Å². The predicted octanol–water partition coefficient (Wildman–Crippen LogP) is 4.35. The van der Waals surface area contributed by atoms with E-state index in [0.29, 0.717) is 6.42 Å². The van der Waals surface area contributed by atoms with Crippen LogP contribution in [-0.2, 0) is 17.6 Å². The van der Waals surface area contributed by atoms with Crippen molar-refractivity contribution < 1.29 is 4.79 Å². The second kappa shape index (κ2) is 9.92. The number of carbonyl (C=O) groups is 1. The van der Waals surface area contributed by atoms with Crippen LogP contribution in [0.5, 0.6) is 0 Å². The molecule has 1 saturated heterocycles. The lowest BCUT2D eigenvalue weighted by molar-refractivity contribution is -0.119. The molecule has 0 unspecified atom stereocenters. The summed E-state index contributed by atoms with van der Waals surface area (Å²) >= 11 is 0. The smallest absolute Gasteiger partial charge is 0.217 e. The number of aryl methyl sites for hydroxylation is 1. The molecule has 1 amide bonds. The van der Waals surface area contributed by atoms with Crippen LogP contribution in [0.2, 0.25) is 0 Å². The Balaban J connectivity index is 1.32. The molecule has 0 bridgehead atoms. The van der Waals surface area contributed by atoms with Crippen LogP contribution in [0.1, 0.15) is 37.1 Å². The SMILES string of the molecule is Cc1ccc2c(N3CCN(CCc4cccc(CC(C)(C)CC(N)=O)c4)CC3)cccc2n1. The summed E-state index contributed by atoms with van der Waals surface area (Å²) in [7, 11) is 0. The molecule has 3 aromatic rings. The van der Waals surface area contributed by atoms with Crippen LogP contribution in [0, 0.1) is 12.3 Å². The van der Waals surface area contributed by atoms with Gasteiger partial charge in [-0.3, -0.25) is 14.7 Å². The van der Waals surface area contributed by atoms with Crippen molar-refractivity contribution >= 4 is 22.5 Å². The number of hydrogen-bond donors (Lipinski definition) is 1.